The second-order valence-corrected chi connectivity index (χ2v) is 6.94. The van der Waals surface area contributed by atoms with Crippen LogP contribution in [0.5, 0.6) is 0 Å². The Kier molecular flexibility index (Phi) is 3.42. The van der Waals surface area contributed by atoms with Crippen molar-refractivity contribution in [3.8, 4) is 0 Å². The van der Waals surface area contributed by atoms with Gasteiger partial charge >= 0.3 is 0 Å². The number of Topliss-reactive ketones (excluding diaryl/α,β-unsaturated/α-hetero) is 1. The average Bonchev–Trinajstić information content (AvgIpc) is 2.14. The summed E-state index contributed by atoms with van der Waals surface area (Å²) < 4.78 is 0. The molecule has 2 aliphatic rings. The summed E-state index contributed by atoms with van der Waals surface area (Å²) >= 11 is 0. The van der Waals surface area contributed by atoms with E-state index in [0.717, 1.165) is 18.8 Å². The van der Waals surface area contributed by atoms with Crippen molar-refractivity contribution in [3.05, 3.63) is 0 Å². The molecule has 1 nitrogen and oxygen atoms in total. The number of rotatable bonds is 2. The monoisotopic (exact) mass is 222 g/mol. The van der Waals surface area contributed by atoms with Gasteiger partial charge in [-0.2, -0.15) is 0 Å². The third-order valence-corrected chi connectivity index (χ3v) is 4.86. The van der Waals surface area contributed by atoms with Crippen molar-refractivity contribution in [3.63, 3.8) is 0 Å². The third kappa shape index (κ3) is 2.49. The van der Waals surface area contributed by atoms with Crippen LogP contribution in [0.4, 0.5) is 0 Å². The van der Waals surface area contributed by atoms with Crippen LogP contribution in [0.25, 0.3) is 0 Å². The molecule has 0 aromatic carbocycles. The van der Waals surface area contributed by atoms with E-state index in [1.165, 1.54) is 32.1 Å². The fraction of sp³-hybridized carbons (Fsp3) is 0.933. The van der Waals surface area contributed by atoms with Crippen molar-refractivity contribution in [2.45, 2.75) is 65.7 Å². The first-order valence-corrected chi connectivity index (χ1v) is 7.02. The standard InChI is InChI=1S/C15H26O/c1-15(2,3)13-9-7-12(8-10-13)14(16)11-5-4-6-11/h11-13H,4-10H2,1-3H3. The Morgan fingerprint density at radius 1 is 0.875 bits per heavy atom. The molecule has 0 heterocycles. The summed E-state index contributed by atoms with van der Waals surface area (Å²) in [5, 5.41) is 0. The molecule has 0 atom stereocenters. The number of carbonyl (C=O) groups is 1. The van der Waals surface area contributed by atoms with E-state index in [0.29, 0.717) is 23.0 Å². The van der Waals surface area contributed by atoms with Gasteiger partial charge in [-0.15, -0.1) is 0 Å². The molecule has 0 radical (unpaired) electrons. The first-order chi connectivity index (χ1) is 7.48. The van der Waals surface area contributed by atoms with Gasteiger partial charge in [0.2, 0.25) is 0 Å². The van der Waals surface area contributed by atoms with E-state index < -0.39 is 0 Å². The summed E-state index contributed by atoms with van der Waals surface area (Å²) in [4.78, 5) is 12.1. The quantitative estimate of drug-likeness (QED) is 0.684. The Morgan fingerprint density at radius 3 is 1.75 bits per heavy atom. The lowest BCUT2D eigenvalue weighted by atomic mass is 9.66. The molecular formula is C15H26O. The molecule has 2 aliphatic carbocycles. The predicted molar refractivity (Wildman–Crippen MR) is 67.3 cm³/mol. The summed E-state index contributed by atoms with van der Waals surface area (Å²) in [6, 6.07) is 0. The normalized spacial score (nSPS) is 32.2. The fourth-order valence-electron chi connectivity index (χ4n) is 3.27. The zero-order valence-electron chi connectivity index (χ0n) is 11.1. The van der Waals surface area contributed by atoms with Gasteiger partial charge in [-0.25, -0.2) is 0 Å². The Bertz CT molecular complexity index is 249. The van der Waals surface area contributed by atoms with Crippen LogP contribution in [0.3, 0.4) is 0 Å². The summed E-state index contributed by atoms with van der Waals surface area (Å²) in [5.74, 6) is 2.32. The largest absolute Gasteiger partial charge is 0.299 e. The lowest BCUT2D eigenvalue weighted by molar-refractivity contribution is -0.130. The van der Waals surface area contributed by atoms with E-state index >= 15 is 0 Å². The Hall–Kier alpha value is -0.330. The molecule has 2 fully saturated rings. The van der Waals surface area contributed by atoms with Gasteiger partial charge in [-0.05, 0) is 49.9 Å². The predicted octanol–water partition coefficient (Wildman–Crippen LogP) is 4.21. The summed E-state index contributed by atoms with van der Waals surface area (Å²) in [6.07, 6.45) is 8.51. The topological polar surface area (TPSA) is 17.1 Å². The first-order valence-electron chi connectivity index (χ1n) is 7.02. The second-order valence-electron chi connectivity index (χ2n) is 6.94. The molecule has 0 aliphatic heterocycles. The zero-order valence-corrected chi connectivity index (χ0v) is 11.1. The molecular weight excluding hydrogens is 196 g/mol. The van der Waals surface area contributed by atoms with Crippen LogP contribution in [-0.2, 0) is 4.79 Å². The maximum Gasteiger partial charge on any atom is 0.139 e. The number of ketones is 1. The van der Waals surface area contributed by atoms with Crippen LogP contribution in [0.1, 0.15) is 65.7 Å². The molecule has 1 heteroatoms. The summed E-state index contributed by atoms with van der Waals surface area (Å²) in [7, 11) is 0. The average molecular weight is 222 g/mol. The number of hydrogen-bond donors (Lipinski definition) is 0. The van der Waals surface area contributed by atoms with Gasteiger partial charge in [-0.3, -0.25) is 4.79 Å². The van der Waals surface area contributed by atoms with Crippen LogP contribution >= 0.6 is 0 Å². The molecule has 0 aromatic rings. The van der Waals surface area contributed by atoms with Crippen molar-refractivity contribution in [1.82, 2.24) is 0 Å². The SMILES string of the molecule is CC(C)(C)C1CCC(C(=O)C2CCC2)CC1. The Morgan fingerprint density at radius 2 is 1.38 bits per heavy atom. The van der Waals surface area contributed by atoms with Crippen molar-refractivity contribution < 1.29 is 4.79 Å². The van der Waals surface area contributed by atoms with E-state index in [-0.39, 0.29) is 0 Å². The molecule has 16 heavy (non-hydrogen) atoms. The molecule has 2 rings (SSSR count). The zero-order chi connectivity index (χ0) is 11.8. The smallest absolute Gasteiger partial charge is 0.139 e. The highest BCUT2D eigenvalue weighted by Gasteiger charge is 2.36. The van der Waals surface area contributed by atoms with Gasteiger partial charge in [-0.1, -0.05) is 27.2 Å². The first kappa shape index (κ1) is 12.1. The molecule has 2 saturated carbocycles. The van der Waals surface area contributed by atoms with E-state index in [2.05, 4.69) is 20.8 Å². The number of hydrogen-bond acceptors (Lipinski definition) is 1. The molecule has 0 unspecified atom stereocenters. The van der Waals surface area contributed by atoms with Crippen LogP contribution in [0.2, 0.25) is 0 Å². The van der Waals surface area contributed by atoms with Crippen LogP contribution in [0, 0.1) is 23.2 Å². The van der Waals surface area contributed by atoms with Crippen LogP contribution < -0.4 is 0 Å². The Balaban J connectivity index is 1.82. The van der Waals surface area contributed by atoms with Crippen molar-refractivity contribution in [1.29, 1.82) is 0 Å². The lowest BCUT2D eigenvalue weighted by Gasteiger charge is -2.38. The minimum absolute atomic E-state index is 0.420. The highest BCUT2D eigenvalue weighted by Crippen LogP contribution is 2.42. The maximum absolute atomic E-state index is 12.1. The molecule has 0 spiro atoms. The van der Waals surface area contributed by atoms with E-state index in [1.54, 1.807) is 0 Å². The van der Waals surface area contributed by atoms with Gasteiger partial charge in [0.1, 0.15) is 5.78 Å². The van der Waals surface area contributed by atoms with E-state index in [9.17, 15) is 4.79 Å². The fourth-order valence-corrected chi connectivity index (χ4v) is 3.27. The lowest BCUT2D eigenvalue weighted by Crippen LogP contribution is -2.33. The van der Waals surface area contributed by atoms with Gasteiger partial charge in [0.15, 0.2) is 0 Å². The molecule has 0 bridgehead atoms. The highest BCUT2D eigenvalue weighted by atomic mass is 16.1. The highest BCUT2D eigenvalue weighted by molar-refractivity contribution is 5.84. The van der Waals surface area contributed by atoms with Gasteiger partial charge < -0.3 is 0 Å². The number of carbonyl (C=O) groups excluding carboxylic acids is 1. The summed E-state index contributed by atoms with van der Waals surface area (Å²) in [5.41, 5.74) is 0.435. The van der Waals surface area contributed by atoms with Gasteiger partial charge in [0.25, 0.3) is 0 Å². The Labute approximate surface area is 100.0 Å². The van der Waals surface area contributed by atoms with Crippen LogP contribution in [-0.4, -0.2) is 5.78 Å². The van der Waals surface area contributed by atoms with Crippen LogP contribution in [0.15, 0.2) is 0 Å². The maximum atomic E-state index is 12.1. The molecule has 92 valence electrons. The van der Waals surface area contributed by atoms with Crippen molar-refractivity contribution in [2.75, 3.05) is 0 Å². The van der Waals surface area contributed by atoms with Gasteiger partial charge in [0, 0.05) is 11.8 Å². The van der Waals surface area contributed by atoms with E-state index in [4.69, 9.17) is 0 Å². The van der Waals surface area contributed by atoms with Crippen molar-refractivity contribution in [2.24, 2.45) is 23.2 Å². The molecule has 0 N–H and O–H groups in total. The summed E-state index contributed by atoms with van der Waals surface area (Å²) in [6.45, 7) is 7.02. The van der Waals surface area contributed by atoms with Crippen molar-refractivity contribution >= 4 is 5.78 Å². The minimum atomic E-state index is 0.420. The van der Waals surface area contributed by atoms with E-state index in [1.807, 2.05) is 0 Å². The third-order valence-electron chi connectivity index (χ3n) is 4.86. The molecule has 0 amide bonds. The molecule has 0 aromatic heterocycles. The van der Waals surface area contributed by atoms with Gasteiger partial charge in [0.05, 0.1) is 0 Å². The second kappa shape index (κ2) is 4.50. The minimum Gasteiger partial charge on any atom is -0.299 e. The molecule has 0 saturated heterocycles.